The van der Waals surface area contributed by atoms with Gasteiger partial charge in [-0.25, -0.2) is 14.1 Å². The number of carbonyl (C=O) groups excluding carboxylic acids is 2. The lowest BCUT2D eigenvalue weighted by atomic mass is 9.94. The Labute approximate surface area is 299 Å². The lowest BCUT2D eigenvalue weighted by Crippen LogP contribution is -2.35. The van der Waals surface area contributed by atoms with E-state index in [1.165, 1.54) is 12.1 Å². The number of aliphatic hydroxyl groups excluding tert-OH is 2. The van der Waals surface area contributed by atoms with Crippen molar-refractivity contribution in [3.8, 4) is 22.4 Å². The summed E-state index contributed by atoms with van der Waals surface area (Å²) in [6.07, 6.45) is -4.50. The number of rotatable bonds is 19. The molecule has 7 N–H and O–H groups in total. The Bertz CT molecular complexity index is 1720. The first kappa shape index (κ1) is 40.2. The maximum atomic E-state index is 14.2. The Morgan fingerprint density at radius 3 is 2.06 bits per heavy atom. The minimum atomic E-state index is -1.38. The molecule has 0 saturated carbocycles. The predicted molar refractivity (Wildman–Crippen MR) is 182 cm³/mol. The zero-order valence-electron chi connectivity index (χ0n) is 28.6. The number of ether oxygens (including phenoxy) is 1. The molecule has 0 aliphatic carbocycles. The summed E-state index contributed by atoms with van der Waals surface area (Å²) in [5.74, 6) is -1.89. The van der Waals surface area contributed by atoms with Crippen LogP contribution in [0.1, 0.15) is 55.1 Å². The number of aromatic nitrogens is 1. The van der Waals surface area contributed by atoms with Crippen LogP contribution in [0.5, 0.6) is 0 Å². The number of aliphatic hydroxyl groups is 2. The summed E-state index contributed by atoms with van der Waals surface area (Å²) < 4.78 is 21.1. The standard InChI is InChI=1S/C36H43FN4O11/c1-23(2)34-33(36(45)38-27-11-7-4-8-12-27)32(24-9-5-3-6-10-24)35(25-13-15-26(37)16-14-25)39(34)18-17-28(42)19-29(43)20-31(44)50-21-30(52-41(48)49)22-51-40(46)47/h3-16,23,28-30,42-43,46-49H,17-22H2,1-2H3,(H,38,45)/t28?,29-,30?/m1/s1. The second-order valence-electron chi connectivity index (χ2n) is 12.2. The number of halogens is 1. The molecule has 0 aliphatic heterocycles. The molecule has 0 spiro atoms. The highest BCUT2D eigenvalue weighted by molar-refractivity contribution is 6.12. The van der Waals surface area contributed by atoms with Crippen LogP contribution < -0.4 is 5.32 Å². The van der Waals surface area contributed by atoms with E-state index in [9.17, 15) is 24.2 Å². The van der Waals surface area contributed by atoms with E-state index in [1.54, 1.807) is 24.3 Å². The number of hydrogen-bond donors (Lipinski definition) is 7. The number of carbonyl (C=O) groups is 2. The Morgan fingerprint density at radius 1 is 0.827 bits per heavy atom. The van der Waals surface area contributed by atoms with Gasteiger partial charge in [0.1, 0.15) is 25.1 Å². The molecule has 0 saturated heterocycles. The van der Waals surface area contributed by atoms with Crippen LogP contribution in [0.25, 0.3) is 22.4 Å². The zero-order valence-corrected chi connectivity index (χ0v) is 28.6. The Morgan fingerprint density at radius 2 is 1.46 bits per heavy atom. The molecule has 1 aromatic heterocycles. The third-order valence-electron chi connectivity index (χ3n) is 7.97. The predicted octanol–water partition coefficient (Wildman–Crippen LogP) is 5.16. The summed E-state index contributed by atoms with van der Waals surface area (Å²) in [5.41, 5.74) is 4.36. The van der Waals surface area contributed by atoms with Gasteiger partial charge in [-0.3, -0.25) is 30.4 Å². The van der Waals surface area contributed by atoms with Gasteiger partial charge in [0.25, 0.3) is 5.91 Å². The maximum Gasteiger partial charge on any atom is 0.308 e. The molecule has 1 amide bonds. The number of para-hydroxylation sites is 1. The van der Waals surface area contributed by atoms with Gasteiger partial charge in [-0.15, -0.1) is 0 Å². The average Bonchev–Trinajstić information content (AvgIpc) is 3.45. The molecule has 2 unspecified atom stereocenters. The summed E-state index contributed by atoms with van der Waals surface area (Å²) in [5, 5.41) is 58.4. The molecule has 1 heterocycles. The van der Waals surface area contributed by atoms with Crippen LogP contribution in [0.3, 0.4) is 0 Å². The highest BCUT2D eigenvalue weighted by Crippen LogP contribution is 2.42. The highest BCUT2D eigenvalue weighted by Gasteiger charge is 2.31. The lowest BCUT2D eigenvalue weighted by Gasteiger charge is -2.21. The fraction of sp³-hybridized carbons (Fsp3) is 0.333. The van der Waals surface area contributed by atoms with Crippen molar-refractivity contribution >= 4 is 17.6 Å². The molecular weight excluding hydrogens is 683 g/mol. The minimum Gasteiger partial charge on any atom is -0.463 e. The molecule has 52 heavy (non-hydrogen) atoms. The van der Waals surface area contributed by atoms with E-state index in [-0.39, 0.29) is 31.2 Å². The van der Waals surface area contributed by atoms with Crippen molar-refractivity contribution in [3.63, 3.8) is 0 Å². The van der Waals surface area contributed by atoms with Crippen LogP contribution in [0, 0.1) is 5.82 Å². The fourth-order valence-corrected chi connectivity index (χ4v) is 5.83. The third-order valence-corrected chi connectivity index (χ3v) is 7.97. The first-order valence-corrected chi connectivity index (χ1v) is 16.4. The number of nitrogens with zero attached hydrogens (tertiary/aromatic N) is 3. The van der Waals surface area contributed by atoms with Gasteiger partial charge in [-0.05, 0) is 66.3 Å². The summed E-state index contributed by atoms with van der Waals surface area (Å²) in [6.45, 7) is 2.79. The maximum absolute atomic E-state index is 14.2. The van der Waals surface area contributed by atoms with E-state index in [1.807, 2.05) is 66.9 Å². The van der Waals surface area contributed by atoms with E-state index in [2.05, 4.69) is 15.0 Å². The summed E-state index contributed by atoms with van der Waals surface area (Å²) in [4.78, 5) is 35.4. The smallest absolute Gasteiger partial charge is 0.308 e. The van der Waals surface area contributed by atoms with Gasteiger partial charge >= 0.3 is 5.97 Å². The number of amides is 1. The molecule has 15 nitrogen and oxygen atoms in total. The van der Waals surface area contributed by atoms with E-state index in [4.69, 9.17) is 25.6 Å². The Hall–Kier alpha value is -4.59. The number of esters is 1. The lowest BCUT2D eigenvalue weighted by molar-refractivity contribution is -0.527. The number of nitrogens with one attached hydrogen (secondary N) is 1. The molecule has 280 valence electrons. The second-order valence-corrected chi connectivity index (χ2v) is 12.2. The minimum absolute atomic E-state index is 0.0948. The van der Waals surface area contributed by atoms with Gasteiger partial charge in [0.05, 0.1) is 40.7 Å². The van der Waals surface area contributed by atoms with Crippen molar-refractivity contribution in [1.29, 1.82) is 0 Å². The van der Waals surface area contributed by atoms with Gasteiger partial charge < -0.3 is 24.8 Å². The average molecular weight is 727 g/mol. The summed E-state index contributed by atoms with van der Waals surface area (Å²) in [7, 11) is 0. The monoisotopic (exact) mass is 726 g/mol. The van der Waals surface area contributed by atoms with Gasteiger partial charge in [0.15, 0.2) is 0 Å². The van der Waals surface area contributed by atoms with Crippen LogP contribution in [0.15, 0.2) is 84.9 Å². The molecule has 3 atom stereocenters. The van der Waals surface area contributed by atoms with Crippen LogP contribution >= 0.6 is 0 Å². The van der Waals surface area contributed by atoms with E-state index < -0.39 is 60.5 Å². The first-order valence-electron chi connectivity index (χ1n) is 16.4. The topological polar surface area (TPSA) is 207 Å². The molecule has 4 aromatic rings. The van der Waals surface area contributed by atoms with Gasteiger partial charge in [0, 0.05) is 23.5 Å². The summed E-state index contributed by atoms with van der Waals surface area (Å²) >= 11 is 0. The molecule has 0 radical (unpaired) electrons. The van der Waals surface area contributed by atoms with Crippen molar-refractivity contribution in [1.82, 2.24) is 15.3 Å². The van der Waals surface area contributed by atoms with Crippen molar-refractivity contribution in [3.05, 3.63) is 102 Å². The van der Waals surface area contributed by atoms with Gasteiger partial charge in [-0.1, -0.05) is 62.4 Å². The van der Waals surface area contributed by atoms with Gasteiger partial charge in [-0.2, -0.15) is 0 Å². The second kappa shape index (κ2) is 19.3. The van der Waals surface area contributed by atoms with Crippen LogP contribution in [-0.2, 0) is 25.8 Å². The van der Waals surface area contributed by atoms with Crippen molar-refractivity contribution in [2.45, 2.75) is 63.9 Å². The fourth-order valence-electron chi connectivity index (χ4n) is 5.83. The number of hydrogen-bond acceptors (Lipinski definition) is 13. The molecular formula is C36H43FN4O11. The first-order chi connectivity index (χ1) is 24.8. The zero-order chi connectivity index (χ0) is 37.8. The molecule has 0 aliphatic rings. The van der Waals surface area contributed by atoms with Crippen molar-refractivity contribution < 1.29 is 59.4 Å². The quantitative estimate of drug-likeness (QED) is 0.0493. The van der Waals surface area contributed by atoms with Crippen molar-refractivity contribution in [2.24, 2.45) is 0 Å². The highest BCUT2D eigenvalue weighted by atomic mass is 19.1. The number of benzene rings is 3. The normalized spacial score (nSPS) is 13.4. The van der Waals surface area contributed by atoms with E-state index >= 15 is 0 Å². The van der Waals surface area contributed by atoms with Crippen molar-refractivity contribution in [2.75, 3.05) is 18.5 Å². The Balaban J connectivity index is 1.60. The molecule has 0 fully saturated rings. The molecule has 3 aromatic carbocycles. The largest absolute Gasteiger partial charge is 0.463 e. The van der Waals surface area contributed by atoms with Crippen LogP contribution in [-0.4, -0.2) is 89.8 Å². The number of anilines is 1. The Kier molecular flexibility index (Phi) is 14.9. The van der Waals surface area contributed by atoms with E-state index in [0.29, 0.717) is 33.8 Å². The van der Waals surface area contributed by atoms with E-state index in [0.717, 1.165) is 5.56 Å². The van der Waals surface area contributed by atoms with Gasteiger partial charge in [0.2, 0.25) is 0 Å². The molecule has 4 rings (SSSR count). The SMILES string of the molecule is CC(C)c1c(C(=O)Nc2ccccc2)c(-c2ccccc2)c(-c2ccc(F)cc2)n1CCC(O)C[C@@H](O)CC(=O)OCC(CON(O)O)ON(O)O. The molecule has 0 bridgehead atoms. The molecule has 16 heteroatoms. The third kappa shape index (κ3) is 11.5. The van der Waals surface area contributed by atoms with Crippen LogP contribution in [0.4, 0.5) is 10.1 Å². The van der Waals surface area contributed by atoms with Crippen LogP contribution in [0.2, 0.25) is 0 Å². The summed E-state index contributed by atoms with van der Waals surface area (Å²) in [6, 6.07) is 24.3.